The molecule has 1 amide bonds. The zero-order chi connectivity index (χ0) is 19.8. The number of rotatable bonds is 3. The molecule has 1 aliphatic rings. The third-order valence-electron chi connectivity index (χ3n) is 4.07. The van der Waals surface area contributed by atoms with Gasteiger partial charge in [-0.15, -0.1) is 0 Å². The highest BCUT2D eigenvalue weighted by Gasteiger charge is 2.29. The fourth-order valence-corrected chi connectivity index (χ4v) is 3.16. The Bertz CT molecular complexity index is 1060. The Kier molecular flexibility index (Phi) is 5.18. The van der Waals surface area contributed by atoms with Gasteiger partial charge in [0.2, 0.25) is 0 Å². The molecule has 1 N–H and O–H groups in total. The molecule has 0 saturated carbocycles. The molecule has 0 fully saturated rings. The van der Waals surface area contributed by atoms with E-state index in [1.165, 1.54) is 11.0 Å². The zero-order valence-electron chi connectivity index (χ0n) is 14.0. The first-order chi connectivity index (χ1) is 12.7. The van der Waals surface area contributed by atoms with Gasteiger partial charge in [0.1, 0.15) is 5.82 Å². The summed E-state index contributed by atoms with van der Waals surface area (Å²) in [5.41, 5.74) is 1.71. The lowest BCUT2D eigenvalue weighted by molar-refractivity contribution is 0.0986. The van der Waals surface area contributed by atoms with Crippen LogP contribution in [-0.4, -0.2) is 31.1 Å². The number of amides is 1. The fraction of sp³-hybridized carbons (Fsp3) is 0.176. The summed E-state index contributed by atoms with van der Waals surface area (Å²) in [5.74, 6) is -1.08. The molecule has 0 saturated heterocycles. The number of fused-ring (bicyclic) bond motifs is 1. The predicted molar refractivity (Wildman–Crippen MR) is 98.1 cm³/mol. The van der Waals surface area contributed by atoms with E-state index >= 15 is 0 Å². The summed E-state index contributed by atoms with van der Waals surface area (Å²) >= 11 is 5.87. The molecule has 0 aliphatic carbocycles. The number of aryl methyl sites for hydroxylation is 1. The van der Waals surface area contributed by atoms with Crippen LogP contribution >= 0.6 is 11.6 Å². The molecule has 1 heterocycles. The van der Waals surface area contributed by atoms with E-state index in [2.05, 4.69) is 9.44 Å². The SMILES string of the molecule is Cc1ccccc1C(=O)N1CCC(=NOS(=O)(=O)O)c2cc(F)c(Cl)cc21. The summed E-state index contributed by atoms with van der Waals surface area (Å²) in [6.07, 6.45) is 0.0845. The van der Waals surface area contributed by atoms with Gasteiger partial charge in [-0.05, 0) is 30.7 Å². The number of halogens is 2. The second-order valence-electron chi connectivity index (χ2n) is 5.85. The summed E-state index contributed by atoms with van der Waals surface area (Å²) in [6.45, 7) is 1.93. The van der Waals surface area contributed by atoms with Crippen LogP contribution < -0.4 is 4.90 Å². The van der Waals surface area contributed by atoms with Crippen molar-refractivity contribution in [3.05, 3.63) is 63.9 Å². The highest BCUT2D eigenvalue weighted by molar-refractivity contribution is 7.80. The Balaban J connectivity index is 2.08. The summed E-state index contributed by atoms with van der Waals surface area (Å²) in [7, 11) is -4.81. The number of hydrogen-bond acceptors (Lipinski definition) is 5. The molecule has 1 aliphatic heterocycles. The maximum absolute atomic E-state index is 14.0. The molecular weight excluding hydrogens is 399 g/mol. The van der Waals surface area contributed by atoms with Crippen molar-refractivity contribution in [2.45, 2.75) is 13.3 Å². The van der Waals surface area contributed by atoms with Gasteiger partial charge in [-0.3, -0.25) is 9.35 Å². The lowest BCUT2D eigenvalue weighted by Gasteiger charge is -2.30. The van der Waals surface area contributed by atoms with Gasteiger partial charge < -0.3 is 4.90 Å². The number of benzene rings is 2. The second-order valence-corrected chi connectivity index (χ2v) is 7.26. The predicted octanol–water partition coefficient (Wildman–Crippen LogP) is 3.36. The fourth-order valence-electron chi connectivity index (χ4n) is 2.82. The molecule has 2 aromatic carbocycles. The Morgan fingerprint density at radius 3 is 2.70 bits per heavy atom. The summed E-state index contributed by atoms with van der Waals surface area (Å²) in [6, 6.07) is 9.32. The summed E-state index contributed by atoms with van der Waals surface area (Å²) in [4.78, 5) is 14.4. The topological polar surface area (TPSA) is 96.3 Å². The quantitative estimate of drug-likeness (QED) is 0.616. The molecule has 27 heavy (non-hydrogen) atoms. The summed E-state index contributed by atoms with van der Waals surface area (Å²) in [5, 5.41) is 3.18. The first-order valence-corrected chi connectivity index (χ1v) is 9.51. The van der Waals surface area contributed by atoms with E-state index in [1.54, 1.807) is 31.2 Å². The Morgan fingerprint density at radius 1 is 1.33 bits per heavy atom. The highest BCUT2D eigenvalue weighted by Crippen LogP contribution is 2.33. The van der Waals surface area contributed by atoms with Gasteiger partial charge in [-0.2, -0.15) is 8.42 Å². The van der Waals surface area contributed by atoms with E-state index in [0.717, 1.165) is 11.6 Å². The molecule has 2 aromatic rings. The molecule has 0 bridgehead atoms. The normalized spacial score (nSPS) is 15.6. The van der Waals surface area contributed by atoms with Crippen LogP contribution in [0.2, 0.25) is 5.02 Å². The number of carbonyl (C=O) groups excluding carboxylic acids is 1. The van der Waals surface area contributed by atoms with Crippen LogP contribution in [0.4, 0.5) is 10.1 Å². The summed E-state index contributed by atoms with van der Waals surface area (Å²) < 4.78 is 48.3. The number of nitrogens with zero attached hydrogens (tertiary/aromatic N) is 2. The lowest BCUT2D eigenvalue weighted by atomic mass is 9.97. The van der Waals surface area contributed by atoms with E-state index in [9.17, 15) is 17.6 Å². The van der Waals surface area contributed by atoms with Gasteiger partial charge in [0.25, 0.3) is 5.91 Å². The van der Waals surface area contributed by atoms with E-state index in [1.807, 2.05) is 0 Å². The minimum absolute atomic E-state index is 0.0621. The maximum atomic E-state index is 14.0. The van der Waals surface area contributed by atoms with Gasteiger partial charge in [0.15, 0.2) is 0 Å². The average Bonchev–Trinajstić information content (AvgIpc) is 2.60. The molecule has 7 nitrogen and oxygen atoms in total. The molecule has 0 unspecified atom stereocenters. The molecule has 0 aromatic heterocycles. The molecule has 10 heteroatoms. The van der Waals surface area contributed by atoms with Crippen molar-refractivity contribution in [1.82, 2.24) is 0 Å². The Morgan fingerprint density at radius 2 is 2.04 bits per heavy atom. The van der Waals surface area contributed by atoms with Gasteiger partial charge >= 0.3 is 10.4 Å². The van der Waals surface area contributed by atoms with Crippen molar-refractivity contribution in [3.63, 3.8) is 0 Å². The first kappa shape index (κ1) is 19.3. The van der Waals surface area contributed by atoms with Gasteiger partial charge in [0, 0.05) is 24.1 Å². The van der Waals surface area contributed by atoms with Crippen molar-refractivity contribution < 1.29 is 26.4 Å². The molecule has 0 spiro atoms. The van der Waals surface area contributed by atoms with Crippen molar-refractivity contribution in [2.24, 2.45) is 5.16 Å². The Labute approximate surface area is 159 Å². The van der Waals surface area contributed by atoms with Crippen molar-refractivity contribution in [1.29, 1.82) is 0 Å². The second kappa shape index (κ2) is 7.26. The van der Waals surface area contributed by atoms with E-state index in [4.69, 9.17) is 16.2 Å². The third-order valence-corrected chi connectivity index (χ3v) is 4.63. The van der Waals surface area contributed by atoms with Crippen molar-refractivity contribution in [2.75, 3.05) is 11.4 Å². The monoisotopic (exact) mass is 412 g/mol. The molecule has 3 rings (SSSR count). The van der Waals surface area contributed by atoms with Gasteiger partial charge in [-0.25, -0.2) is 8.67 Å². The number of anilines is 1. The highest BCUT2D eigenvalue weighted by atomic mass is 35.5. The van der Waals surface area contributed by atoms with Crippen molar-refractivity contribution >= 4 is 39.3 Å². The van der Waals surface area contributed by atoms with Crippen LogP contribution in [0.3, 0.4) is 0 Å². The lowest BCUT2D eigenvalue weighted by Crippen LogP contribution is -2.38. The Hall–Kier alpha value is -2.49. The molecule has 0 atom stereocenters. The van der Waals surface area contributed by atoms with Gasteiger partial charge in [-0.1, -0.05) is 35.0 Å². The van der Waals surface area contributed by atoms with Crippen LogP contribution in [0.15, 0.2) is 41.6 Å². The maximum Gasteiger partial charge on any atom is 0.466 e. The molecule has 0 radical (unpaired) electrons. The number of hydrogen-bond donors (Lipinski definition) is 1. The van der Waals surface area contributed by atoms with Crippen LogP contribution in [0.25, 0.3) is 0 Å². The smallest absolute Gasteiger partial charge is 0.307 e. The largest absolute Gasteiger partial charge is 0.466 e. The first-order valence-electron chi connectivity index (χ1n) is 7.77. The van der Waals surface area contributed by atoms with Crippen LogP contribution in [0.5, 0.6) is 0 Å². The minimum atomic E-state index is -4.81. The van der Waals surface area contributed by atoms with Crippen LogP contribution in [0, 0.1) is 12.7 Å². The molecule has 142 valence electrons. The average molecular weight is 413 g/mol. The van der Waals surface area contributed by atoms with E-state index in [-0.39, 0.29) is 40.9 Å². The third kappa shape index (κ3) is 4.10. The standard InChI is InChI=1S/C17H14ClFN2O5S/c1-10-4-2-3-5-11(10)17(22)21-7-6-15(20-26-27(23,24)25)12-8-14(19)13(18)9-16(12)21/h2-5,8-9H,6-7H2,1H3,(H,23,24,25). The van der Waals surface area contributed by atoms with Gasteiger partial charge in [0.05, 0.1) is 16.4 Å². The molecular formula is C17H14ClFN2O5S. The van der Waals surface area contributed by atoms with E-state index < -0.39 is 16.2 Å². The number of carbonyl (C=O) groups is 1. The zero-order valence-corrected chi connectivity index (χ0v) is 15.6. The van der Waals surface area contributed by atoms with E-state index in [0.29, 0.717) is 5.56 Å². The van der Waals surface area contributed by atoms with Crippen molar-refractivity contribution in [3.8, 4) is 0 Å². The van der Waals surface area contributed by atoms with Crippen LogP contribution in [0.1, 0.15) is 27.9 Å². The van der Waals surface area contributed by atoms with Crippen LogP contribution in [-0.2, 0) is 14.7 Å². The number of oxime groups is 1. The minimum Gasteiger partial charge on any atom is -0.307 e.